The molecule has 2 aromatic rings. The van der Waals surface area contributed by atoms with Gasteiger partial charge in [0.2, 0.25) is 0 Å². The summed E-state index contributed by atoms with van der Waals surface area (Å²) in [5, 5.41) is 0. The van der Waals surface area contributed by atoms with Gasteiger partial charge in [0, 0.05) is 5.56 Å². The number of rotatable bonds is 1. The highest BCUT2D eigenvalue weighted by atomic mass is 19.4. The van der Waals surface area contributed by atoms with E-state index in [2.05, 4.69) is 5.92 Å². The van der Waals surface area contributed by atoms with Crippen molar-refractivity contribution >= 4 is 6.98 Å². The molecule has 0 amide bonds. The molecule has 0 aromatic heterocycles. The van der Waals surface area contributed by atoms with Crippen LogP contribution in [-0.2, 0) is 0 Å². The minimum atomic E-state index is -5.05. The quantitative estimate of drug-likeness (QED) is 0.524. The maximum absolute atomic E-state index is 12.0. The van der Waals surface area contributed by atoms with E-state index >= 15 is 0 Å². The summed E-state index contributed by atoms with van der Waals surface area (Å²) >= 11 is 0. The summed E-state index contributed by atoms with van der Waals surface area (Å²) in [5.41, 5.74) is 2.35. The Labute approximate surface area is 104 Å². The predicted octanol–water partition coefficient (Wildman–Crippen LogP) is 4.09. The molecule has 0 aliphatic heterocycles. The van der Waals surface area contributed by atoms with Crippen molar-refractivity contribution in [1.29, 1.82) is 0 Å². The molecule has 0 radical (unpaired) electrons. The van der Waals surface area contributed by atoms with Crippen LogP contribution in [0.15, 0.2) is 54.6 Å². The first-order chi connectivity index (χ1) is 8.54. The van der Waals surface area contributed by atoms with Gasteiger partial charge in [-0.15, -0.1) is 5.92 Å². The Morgan fingerprint density at radius 2 is 1.28 bits per heavy atom. The summed E-state index contributed by atoms with van der Waals surface area (Å²) in [5.74, 6) is 3.43. The fraction of sp³-hybridized carbons (Fsp3) is 0. The molecule has 2 aromatic carbocycles. The number of halogens is 3. The molecule has 18 heavy (non-hydrogen) atoms. The molecule has 0 unspecified atom stereocenters. The Kier molecular flexibility index (Phi) is 3.43. The van der Waals surface area contributed by atoms with Gasteiger partial charge >= 0.3 is 6.98 Å². The first-order valence-corrected chi connectivity index (χ1v) is 5.43. The fourth-order valence-electron chi connectivity index (χ4n) is 1.54. The van der Waals surface area contributed by atoms with Crippen molar-refractivity contribution in [3.63, 3.8) is 0 Å². The van der Waals surface area contributed by atoms with Crippen LogP contribution in [0.2, 0.25) is 0 Å². The first-order valence-electron chi connectivity index (χ1n) is 5.43. The SMILES string of the molecule is F[B-](F)(F)C#Cc1ccc(-c2ccccc2)cc1. The van der Waals surface area contributed by atoms with Gasteiger partial charge in [0.05, 0.1) is 0 Å². The Balaban J connectivity index is 2.23. The molecule has 0 spiro atoms. The van der Waals surface area contributed by atoms with E-state index < -0.39 is 6.98 Å². The lowest BCUT2D eigenvalue weighted by Gasteiger charge is -2.03. The van der Waals surface area contributed by atoms with E-state index in [1.807, 2.05) is 30.3 Å². The van der Waals surface area contributed by atoms with E-state index in [0.717, 1.165) is 11.1 Å². The molecule has 2 rings (SSSR count). The highest BCUT2D eigenvalue weighted by Crippen LogP contribution is 2.19. The van der Waals surface area contributed by atoms with Gasteiger partial charge in [-0.25, -0.2) is 0 Å². The Hall–Kier alpha value is -2.15. The molecule has 0 nitrogen and oxygen atoms in total. The summed E-state index contributed by atoms with van der Waals surface area (Å²) in [6.07, 6.45) is 0. The molecule has 0 aliphatic rings. The van der Waals surface area contributed by atoms with E-state index in [4.69, 9.17) is 0 Å². The van der Waals surface area contributed by atoms with Gasteiger partial charge < -0.3 is 12.9 Å². The van der Waals surface area contributed by atoms with Crippen molar-refractivity contribution in [2.24, 2.45) is 0 Å². The summed E-state index contributed by atoms with van der Waals surface area (Å²) in [4.78, 5) is 0. The Bertz CT molecular complexity index is 574. The van der Waals surface area contributed by atoms with E-state index in [-0.39, 0.29) is 0 Å². The summed E-state index contributed by atoms with van der Waals surface area (Å²) < 4.78 is 35.9. The maximum Gasteiger partial charge on any atom is 0.558 e. The molecule has 0 saturated carbocycles. The van der Waals surface area contributed by atoms with Crippen LogP contribution in [-0.4, -0.2) is 6.98 Å². The zero-order valence-corrected chi connectivity index (χ0v) is 9.41. The molecular weight excluding hydrogens is 236 g/mol. The van der Waals surface area contributed by atoms with Crippen molar-refractivity contribution in [1.82, 2.24) is 0 Å². The average Bonchev–Trinajstić information content (AvgIpc) is 2.37. The lowest BCUT2D eigenvalue weighted by Crippen LogP contribution is -2.10. The van der Waals surface area contributed by atoms with Crippen LogP contribution < -0.4 is 0 Å². The second-order valence-corrected chi connectivity index (χ2v) is 3.79. The molecule has 4 heteroatoms. The number of hydrogen-bond acceptors (Lipinski definition) is 0. The standard InChI is InChI=1S/C14H9BF3/c16-15(17,18)11-10-12-6-8-14(9-7-12)13-4-2-1-3-5-13/h1-9H/q-1. The van der Waals surface area contributed by atoms with Crippen LogP contribution >= 0.6 is 0 Å². The van der Waals surface area contributed by atoms with Gasteiger partial charge in [-0.2, -0.15) is 5.82 Å². The topological polar surface area (TPSA) is 0 Å². The highest BCUT2D eigenvalue weighted by molar-refractivity contribution is 6.67. The third kappa shape index (κ3) is 3.42. The summed E-state index contributed by atoms with van der Waals surface area (Å²) in [6, 6.07) is 16.3. The van der Waals surface area contributed by atoms with Gasteiger partial charge in [0.25, 0.3) is 0 Å². The van der Waals surface area contributed by atoms with Crippen molar-refractivity contribution in [3.8, 4) is 22.9 Å². The minimum Gasteiger partial charge on any atom is -0.438 e. The largest absolute Gasteiger partial charge is 0.558 e. The van der Waals surface area contributed by atoms with Gasteiger partial charge in [-0.05, 0) is 23.3 Å². The van der Waals surface area contributed by atoms with Gasteiger partial charge in [0.15, 0.2) is 0 Å². The average molecular weight is 245 g/mol. The molecule has 0 heterocycles. The van der Waals surface area contributed by atoms with Gasteiger partial charge in [-0.1, -0.05) is 42.5 Å². The van der Waals surface area contributed by atoms with Crippen LogP contribution in [0.4, 0.5) is 12.9 Å². The minimum absolute atomic E-state index is 0.369. The lowest BCUT2D eigenvalue weighted by molar-refractivity contribution is 0.504. The molecule has 90 valence electrons. The van der Waals surface area contributed by atoms with Crippen LogP contribution in [0.25, 0.3) is 11.1 Å². The highest BCUT2D eigenvalue weighted by Gasteiger charge is 2.17. The van der Waals surface area contributed by atoms with E-state index in [0.29, 0.717) is 5.56 Å². The molecule has 0 bridgehead atoms. The third-order valence-corrected chi connectivity index (χ3v) is 2.37. The zero-order valence-electron chi connectivity index (χ0n) is 9.41. The second kappa shape index (κ2) is 5.01. The molecule has 0 saturated heterocycles. The predicted molar refractivity (Wildman–Crippen MR) is 67.8 cm³/mol. The molecule has 0 N–H and O–H groups in total. The molecule has 0 fully saturated rings. The summed E-state index contributed by atoms with van der Waals surface area (Å²) in [7, 11) is 0. The Morgan fingerprint density at radius 3 is 1.83 bits per heavy atom. The van der Waals surface area contributed by atoms with E-state index in [1.54, 1.807) is 24.3 Å². The molecule has 0 aliphatic carbocycles. The van der Waals surface area contributed by atoms with Crippen molar-refractivity contribution in [2.75, 3.05) is 0 Å². The zero-order chi connectivity index (χ0) is 13.0. The van der Waals surface area contributed by atoms with Crippen molar-refractivity contribution in [3.05, 3.63) is 60.2 Å². The number of hydrogen-bond donors (Lipinski definition) is 0. The van der Waals surface area contributed by atoms with Gasteiger partial charge in [-0.3, -0.25) is 0 Å². The maximum atomic E-state index is 12.0. The first kappa shape index (κ1) is 12.3. The lowest BCUT2D eigenvalue weighted by atomic mass is 9.93. The van der Waals surface area contributed by atoms with E-state index in [1.165, 1.54) is 5.82 Å². The monoisotopic (exact) mass is 245 g/mol. The molecule has 0 atom stereocenters. The van der Waals surface area contributed by atoms with Crippen LogP contribution in [0.5, 0.6) is 0 Å². The van der Waals surface area contributed by atoms with Crippen LogP contribution in [0.3, 0.4) is 0 Å². The fourth-order valence-corrected chi connectivity index (χ4v) is 1.54. The van der Waals surface area contributed by atoms with Crippen molar-refractivity contribution in [2.45, 2.75) is 0 Å². The van der Waals surface area contributed by atoms with Crippen LogP contribution in [0.1, 0.15) is 5.56 Å². The Morgan fingerprint density at radius 1 is 0.722 bits per heavy atom. The van der Waals surface area contributed by atoms with Crippen LogP contribution in [0, 0.1) is 11.7 Å². The smallest absolute Gasteiger partial charge is 0.438 e. The number of benzene rings is 2. The third-order valence-electron chi connectivity index (χ3n) is 2.37. The second-order valence-electron chi connectivity index (χ2n) is 3.79. The van der Waals surface area contributed by atoms with Crippen molar-refractivity contribution < 1.29 is 12.9 Å². The normalized spacial score (nSPS) is 10.6. The summed E-state index contributed by atoms with van der Waals surface area (Å²) in [6.45, 7) is -5.05. The molecular formula is C14H9BF3-. The van der Waals surface area contributed by atoms with Gasteiger partial charge in [0.1, 0.15) is 0 Å². The van der Waals surface area contributed by atoms with E-state index in [9.17, 15) is 12.9 Å².